The molecule has 1 fully saturated rings. The van der Waals surface area contributed by atoms with Crippen molar-refractivity contribution in [3.8, 4) is 0 Å². The van der Waals surface area contributed by atoms with E-state index < -0.39 is 0 Å². The maximum absolute atomic E-state index is 12.5. The summed E-state index contributed by atoms with van der Waals surface area (Å²) in [5.41, 5.74) is 0.590. The van der Waals surface area contributed by atoms with Gasteiger partial charge >= 0.3 is 0 Å². The van der Waals surface area contributed by atoms with Gasteiger partial charge in [-0.3, -0.25) is 4.79 Å². The van der Waals surface area contributed by atoms with Crippen LogP contribution < -0.4 is 0 Å². The van der Waals surface area contributed by atoms with Gasteiger partial charge in [0.05, 0.1) is 10.6 Å². The van der Waals surface area contributed by atoms with Gasteiger partial charge < -0.3 is 4.90 Å². The summed E-state index contributed by atoms with van der Waals surface area (Å²) >= 11 is 9.51. The molecule has 0 aromatic heterocycles. The van der Waals surface area contributed by atoms with E-state index in [1.165, 1.54) is 6.42 Å². The van der Waals surface area contributed by atoms with E-state index in [4.69, 9.17) is 11.6 Å². The number of piperidine rings is 1. The van der Waals surface area contributed by atoms with E-state index in [1.807, 2.05) is 11.0 Å². The zero-order valence-corrected chi connectivity index (χ0v) is 13.0. The van der Waals surface area contributed by atoms with Gasteiger partial charge in [-0.2, -0.15) is 0 Å². The zero-order chi connectivity index (χ0) is 13.3. The standard InChI is InChI=1S/C14H17BrClNO/c1-9-3-4-10(2)17(8-9)14(18)12-7-11(15)5-6-13(12)16/h5-7,9-10H,3-4,8H2,1-2H3. The molecule has 0 radical (unpaired) electrons. The number of rotatable bonds is 1. The Morgan fingerprint density at radius 1 is 1.39 bits per heavy atom. The quantitative estimate of drug-likeness (QED) is 0.749. The molecular formula is C14H17BrClNO. The fraction of sp³-hybridized carbons (Fsp3) is 0.500. The SMILES string of the molecule is CC1CCC(C)N(C(=O)c2cc(Br)ccc2Cl)C1. The third-order valence-corrected chi connectivity index (χ3v) is 4.36. The summed E-state index contributed by atoms with van der Waals surface area (Å²) < 4.78 is 0.882. The summed E-state index contributed by atoms with van der Waals surface area (Å²) in [6.45, 7) is 5.12. The lowest BCUT2D eigenvalue weighted by Gasteiger charge is -2.37. The monoisotopic (exact) mass is 329 g/mol. The van der Waals surface area contributed by atoms with E-state index in [1.54, 1.807) is 12.1 Å². The van der Waals surface area contributed by atoms with Crippen molar-refractivity contribution in [3.05, 3.63) is 33.3 Å². The number of likely N-dealkylation sites (tertiary alicyclic amines) is 1. The smallest absolute Gasteiger partial charge is 0.255 e. The van der Waals surface area contributed by atoms with Gasteiger partial charge in [0.25, 0.3) is 5.91 Å². The van der Waals surface area contributed by atoms with Gasteiger partial charge in [-0.25, -0.2) is 0 Å². The Hall–Kier alpha value is -0.540. The molecule has 98 valence electrons. The molecule has 0 spiro atoms. The maximum atomic E-state index is 12.5. The summed E-state index contributed by atoms with van der Waals surface area (Å²) in [4.78, 5) is 14.5. The van der Waals surface area contributed by atoms with Crippen LogP contribution >= 0.6 is 27.5 Å². The largest absolute Gasteiger partial charge is 0.336 e. The van der Waals surface area contributed by atoms with Crippen molar-refractivity contribution >= 4 is 33.4 Å². The van der Waals surface area contributed by atoms with E-state index in [0.717, 1.165) is 17.4 Å². The van der Waals surface area contributed by atoms with Crippen molar-refractivity contribution in [1.29, 1.82) is 0 Å². The van der Waals surface area contributed by atoms with Crippen LogP contribution in [0.4, 0.5) is 0 Å². The molecule has 1 heterocycles. The number of hydrogen-bond acceptors (Lipinski definition) is 1. The molecule has 1 aliphatic rings. The second-order valence-electron chi connectivity index (χ2n) is 5.11. The van der Waals surface area contributed by atoms with Gasteiger partial charge in [0, 0.05) is 17.1 Å². The van der Waals surface area contributed by atoms with Crippen LogP contribution in [0.2, 0.25) is 5.02 Å². The Labute approximate surface area is 121 Å². The first-order chi connectivity index (χ1) is 8.49. The average molecular weight is 331 g/mol. The van der Waals surface area contributed by atoms with Crippen molar-refractivity contribution in [2.24, 2.45) is 5.92 Å². The summed E-state index contributed by atoms with van der Waals surface area (Å²) in [7, 11) is 0. The van der Waals surface area contributed by atoms with Gasteiger partial charge in [0.15, 0.2) is 0 Å². The Morgan fingerprint density at radius 3 is 2.83 bits per heavy atom. The van der Waals surface area contributed by atoms with Gasteiger partial charge in [0.1, 0.15) is 0 Å². The average Bonchev–Trinajstić information content (AvgIpc) is 2.34. The first-order valence-electron chi connectivity index (χ1n) is 6.25. The summed E-state index contributed by atoms with van der Waals surface area (Å²) in [6.07, 6.45) is 2.26. The minimum absolute atomic E-state index is 0.0420. The minimum atomic E-state index is 0.0420. The van der Waals surface area contributed by atoms with E-state index in [9.17, 15) is 4.79 Å². The van der Waals surface area contributed by atoms with Gasteiger partial charge in [0.2, 0.25) is 0 Å². The highest BCUT2D eigenvalue weighted by Gasteiger charge is 2.28. The predicted octanol–water partition coefficient (Wildman–Crippen LogP) is 4.36. The fourth-order valence-electron chi connectivity index (χ4n) is 2.39. The molecule has 1 aromatic carbocycles. The second kappa shape index (κ2) is 5.62. The normalized spacial score (nSPS) is 24.1. The molecule has 1 saturated heterocycles. The molecule has 0 aliphatic carbocycles. The van der Waals surface area contributed by atoms with Crippen LogP contribution in [0.25, 0.3) is 0 Å². The first-order valence-corrected chi connectivity index (χ1v) is 7.42. The molecule has 18 heavy (non-hydrogen) atoms. The summed E-state index contributed by atoms with van der Waals surface area (Å²) in [5.74, 6) is 0.608. The highest BCUT2D eigenvalue weighted by molar-refractivity contribution is 9.10. The van der Waals surface area contributed by atoms with Crippen LogP contribution in [0, 0.1) is 5.92 Å². The molecule has 0 saturated carbocycles. The molecule has 2 atom stereocenters. The molecule has 4 heteroatoms. The Balaban J connectivity index is 2.27. The molecule has 1 amide bonds. The number of carbonyl (C=O) groups is 1. The summed E-state index contributed by atoms with van der Waals surface area (Å²) in [6, 6.07) is 5.71. The van der Waals surface area contributed by atoms with E-state index in [-0.39, 0.29) is 5.91 Å². The fourth-order valence-corrected chi connectivity index (χ4v) is 2.95. The van der Waals surface area contributed by atoms with Crippen LogP contribution in [0.3, 0.4) is 0 Å². The minimum Gasteiger partial charge on any atom is -0.336 e. The van der Waals surface area contributed by atoms with Crippen molar-refractivity contribution in [2.45, 2.75) is 32.7 Å². The van der Waals surface area contributed by atoms with Gasteiger partial charge in [-0.1, -0.05) is 34.5 Å². The summed E-state index contributed by atoms with van der Waals surface area (Å²) in [5, 5.41) is 0.522. The van der Waals surface area contributed by atoms with E-state index >= 15 is 0 Å². The lowest BCUT2D eigenvalue weighted by Crippen LogP contribution is -2.45. The highest BCUT2D eigenvalue weighted by Crippen LogP contribution is 2.27. The topological polar surface area (TPSA) is 20.3 Å². The van der Waals surface area contributed by atoms with Gasteiger partial charge in [-0.05, 0) is 43.9 Å². The molecule has 1 aliphatic heterocycles. The van der Waals surface area contributed by atoms with Crippen LogP contribution in [0.5, 0.6) is 0 Å². The van der Waals surface area contributed by atoms with Crippen LogP contribution in [0.15, 0.2) is 22.7 Å². The number of carbonyl (C=O) groups excluding carboxylic acids is 1. The van der Waals surface area contributed by atoms with E-state index in [0.29, 0.717) is 22.5 Å². The second-order valence-corrected chi connectivity index (χ2v) is 6.44. The number of halogens is 2. The zero-order valence-electron chi connectivity index (χ0n) is 10.6. The number of benzene rings is 1. The Morgan fingerprint density at radius 2 is 2.11 bits per heavy atom. The molecule has 0 bridgehead atoms. The Kier molecular flexibility index (Phi) is 4.33. The van der Waals surface area contributed by atoms with E-state index in [2.05, 4.69) is 29.8 Å². The maximum Gasteiger partial charge on any atom is 0.255 e. The lowest BCUT2D eigenvalue weighted by molar-refractivity contribution is 0.0574. The third kappa shape index (κ3) is 2.89. The van der Waals surface area contributed by atoms with Crippen molar-refractivity contribution in [3.63, 3.8) is 0 Å². The van der Waals surface area contributed by atoms with Crippen molar-refractivity contribution in [2.75, 3.05) is 6.54 Å². The highest BCUT2D eigenvalue weighted by atomic mass is 79.9. The molecule has 2 nitrogen and oxygen atoms in total. The molecule has 2 unspecified atom stereocenters. The molecular weight excluding hydrogens is 314 g/mol. The third-order valence-electron chi connectivity index (χ3n) is 3.54. The Bertz CT molecular complexity index is 463. The van der Waals surface area contributed by atoms with Crippen molar-refractivity contribution in [1.82, 2.24) is 4.90 Å². The molecule has 1 aromatic rings. The van der Waals surface area contributed by atoms with Crippen LogP contribution in [-0.2, 0) is 0 Å². The number of amides is 1. The number of nitrogens with zero attached hydrogens (tertiary/aromatic N) is 1. The predicted molar refractivity (Wildman–Crippen MR) is 78.0 cm³/mol. The van der Waals surface area contributed by atoms with Crippen molar-refractivity contribution < 1.29 is 4.79 Å². The number of hydrogen-bond donors (Lipinski definition) is 0. The first kappa shape index (κ1) is 13.9. The van der Waals surface area contributed by atoms with Crippen LogP contribution in [-0.4, -0.2) is 23.4 Å². The van der Waals surface area contributed by atoms with Crippen LogP contribution in [0.1, 0.15) is 37.0 Å². The van der Waals surface area contributed by atoms with Gasteiger partial charge in [-0.15, -0.1) is 0 Å². The lowest BCUT2D eigenvalue weighted by atomic mass is 9.94. The molecule has 2 rings (SSSR count). The molecule has 0 N–H and O–H groups in total.